The average Bonchev–Trinajstić information content (AvgIpc) is 3.65. The molecule has 0 saturated carbocycles. The molecule has 8 aromatic carbocycles. The topological polar surface area (TPSA) is 14.7 Å². The number of benzene rings is 8. The number of hydrogen-bond donors (Lipinski definition) is 0. The molecule has 4 heteroatoms. The first-order valence-corrected chi connectivity index (χ1v) is 21.3. The minimum Gasteiger partial charge on any atom is -0.337 e. The van der Waals surface area contributed by atoms with Crippen LogP contribution in [0.2, 0.25) is 0 Å². The summed E-state index contributed by atoms with van der Waals surface area (Å²) in [6.07, 6.45) is 8.65. The summed E-state index contributed by atoms with van der Waals surface area (Å²) in [6.45, 7) is 9.78. The second-order valence-corrected chi connectivity index (χ2v) is 16.3. The maximum Gasteiger partial charge on any atom is 0.0542 e. The maximum absolute atomic E-state index is 4.55. The SMILES string of the molecule is C=C1/C=C\C=C/CN(c2cc(N(c3ccccc3)c3ccccc3)cc(-n3c4ccccc4c4cc(N(c5ccccc5)c5ccccc5)ccc43)c2)c2ccccc2C1(C)C. The Morgan fingerprint density at radius 2 is 0.968 bits per heavy atom. The molecule has 1 aliphatic heterocycles. The van der Waals surface area contributed by atoms with E-state index < -0.39 is 0 Å². The van der Waals surface area contributed by atoms with Crippen molar-refractivity contribution >= 4 is 67.3 Å². The van der Waals surface area contributed by atoms with Gasteiger partial charge in [-0.15, -0.1) is 0 Å². The summed E-state index contributed by atoms with van der Waals surface area (Å²) in [5.41, 5.74) is 14.1. The molecule has 0 bridgehead atoms. The Balaban J connectivity index is 1.24. The van der Waals surface area contributed by atoms with Gasteiger partial charge in [-0.25, -0.2) is 0 Å². The van der Waals surface area contributed by atoms with Gasteiger partial charge in [0.1, 0.15) is 0 Å². The lowest BCUT2D eigenvalue weighted by Gasteiger charge is -2.35. The first kappa shape index (κ1) is 38.4. The molecule has 0 fully saturated rings. The van der Waals surface area contributed by atoms with Crippen LogP contribution in [0.4, 0.5) is 45.5 Å². The fraction of sp³-hybridized carbons (Fsp3) is 0.0690. The smallest absolute Gasteiger partial charge is 0.0542 e. The van der Waals surface area contributed by atoms with Crippen molar-refractivity contribution < 1.29 is 0 Å². The van der Waals surface area contributed by atoms with Crippen LogP contribution in [0.3, 0.4) is 0 Å². The average molecular weight is 801 g/mol. The highest BCUT2D eigenvalue weighted by molar-refractivity contribution is 6.11. The molecular formula is C58H48N4. The van der Waals surface area contributed by atoms with Gasteiger partial charge in [0.25, 0.3) is 0 Å². The summed E-state index contributed by atoms with van der Waals surface area (Å²) >= 11 is 0. The Bertz CT molecular complexity index is 3010. The molecule has 0 aliphatic carbocycles. The molecule has 0 saturated heterocycles. The molecule has 1 aromatic heterocycles. The van der Waals surface area contributed by atoms with E-state index in [0.717, 1.165) is 67.8 Å². The van der Waals surface area contributed by atoms with Crippen molar-refractivity contribution in [1.82, 2.24) is 4.57 Å². The van der Waals surface area contributed by atoms with Crippen molar-refractivity contribution in [2.75, 3.05) is 21.2 Å². The lowest BCUT2D eigenvalue weighted by molar-refractivity contribution is 0.640. The standard InChI is InChI=1S/C58H48N4/c1-43-23-9-8-22-38-59(57-35-21-19-33-54(57)58(43,2)3)49-39-50(61(46-28-14-6-15-29-46)47-30-16-7-17-31-47)41-51(40-49)62-55-34-20-18-32-52(55)53-42-48(36-37-56(53)62)60(44-24-10-4-11-25-44)45-26-12-5-13-27-45/h4-37,39-42H,1,38H2,2-3H3/b22-8-,23-9-. The molecule has 0 N–H and O–H groups in total. The lowest BCUT2D eigenvalue weighted by atomic mass is 9.77. The minimum atomic E-state index is -0.311. The normalized spacial score (nSPS) is 14.6. The third-order valence-electron chi connectivity index (χ3n) is 12.2. The molecule has 9 aromatic rings. The molecule has 10 rings (SSSR count). The van der Waals surface area contributed by atoms with Gasteiger partial charge in [-0.1, -0.05) is 154 Å². The highest BCUT2D eigenvalue weighted by Crippen LogP contribution is 2.45. The van der Waals surface area contributed by atoms with E-state index in [4.69, 9.17) is 0 Å². The van der Waals surface area contributed by atoms with Gasteiger partial charge in [-0.2, -0.15) is 0 Å². The van der Waals surface area contributed by atoms with Crippen LogP contribution < -0.4 is 14.7 Å². The summed E-state index contributed by atoms with van der Waals surface area (Å²) < 4.78 is 2.45. The minimum absolute atomic E-state index is 0.311. The molecule has 2 heterocycles. The first-order chi connectivity index (χ1) is 30.5. The van der Waals surface area contributed by atoms with Gasteiger partial charge in [0, 0.05) is 62.5 Å². The third kappa shape index (κ3) is 7.06. The van der Waals surface area contributed by atoms with E-state index in [0.29, 0.717) is 6.54 Å². The second kappa shape index (κ2) is 16.3. The van der Waals surface area contributed by atoms with Gasteiger partial charge in [-0.05, 0) is 108 Å². The van der Waals surface area contributed by atoms with Gasteiger partial charge in [-0.3, -0.25) is 0 Å². The summed E-state index contributed by atoms with van der Waals surface area (Å²) in [4.78, 5) is 7.17. The van der Waals surface area contributed by atoms with Crippen molar-refractivity contribution in [2.24, 2.45) is 0 Å². The molecule has 0 radical (unpaired) electrons. The zero-order chi connectivity index (χ0) is 42.0. The highest BCUT2D eigenvalue weighted by atomic mass is 15.2. The molecule has 0 unspecified atom stereocenters. The number of allylic oxidation sites excluding steroid dienone is 4. The zero-order valence-electron chi connectivity index (χ0n) is 35.1. The Morgan fingerprint density at radius 1 is 0.452 bits per heavy atom. The van der Waals surface area contributed by atoms with E-state index in [1.54, 1.807) is 0 Å². The zero-order valence-corrected chi connectivity index (χ0v) is 35.1. The van der Waals surface area contributed by atoms with E-state index in [2.05, 4.69) is 270 Å². The third-order valence-corrected chi connectivity index (χ3v) is 12.2. The number of nitrogens with zero attached hydrogens (tertiary/aromatic N) is 4. The van der Waals surface area contributed by atoms with Gasteiger partial charge in [0.2, 0.25) is 0 Å². The van der Waals surface area contributed by atoms with Crippen molar-refractivity contribution in [3.8, 4) is 5.69 Å². The molecule has 1 aliphatic rings. The first-order valence-electron chi connectivity index (χ1n) is 21.3. The molecule has 4 nitrogen and oxygen atoms in total. The molecule has 62 heavy (non-hydrogen) atoms. The van der Waals surface area contributed by atoms with Crippen molar-refractivity contribution in [1.29, 1.82) is 0 Å². The number of aromatic nitrogens is 1. The molecule has 0 atom stereocenters. The Labute approximate surface area is 364 Å². The summed E-state index contributed by atoms with van der Waals surface area (Å²) in [7, 11) is 0. The van der Waals surface area contributed by atoms with Gasteiger partial charge in [0.05, 0.1) is 22.4 Å². The van der Waals surface area contributed by atoms with Crippen molar-refractivity contribution in [3.05, 3.63) is 248 Å². The van der Waals surface area contributed by atoms with Crippen molar-refractivity contribution in [2.45, 2.75) is 19.3 Å². The van der Waals surface area contributed by atoms with Gasteiger partial charge >= 0.3 is 0 Å². The maximum atomic E-state index is 4.55. The van der Waals surface area contributed by atoms with Crippen LogP contribution in [0.5, 0.6) is 0 Å². The van der Waals surface area contributed by atoms with E-state index in [9.17, 15) is 0 Å². The van der Waals surface area contributed by atoms with Crippen LogP contribution in [-0.4, -0.2) is 11.1 Å². The lowest BCUT2D eigenvalue weighted by Crippen LogP contribution is -2.26. The van der Waals surface area contributed by atoms with Crippen LogP contribution in [0, 0.1) is 0 Å². The summed E-state index contributed by atoms with van der Waals surface area (Å²) in [5.74, 6) is 0. The van der Waals surface area contributed by atoms with Crippen LogP contribution in [0.15, 0.2) is 243 Å². The fourth-order valence-corrected chi connectivity index (χ4v) is 8.95. The fourth-order valence-electron chi connectivity index (χ4n) is 8.95. The molecule has 0 spiro atoms. The Morgan fingerprint density at radius 3 is 1.60 bits per heavy atom. The van der Waals surface area contributed by atoms with Crippen LogP contribution >= 0.6 is 0 Å². The Kier molecular flexibility index (Phi) is 10.1. The largest absolute Gasteiger partial charge is 0.337 e. The predicted octanol–water partition coefficient (Wildman–Crippen LogP) is 15.8. The second-order valence-electron chi connectivity index (χ2n) is 16.3. The van der Waals surface area contributed by atoms with E-state index in [1.165, 1.54) is 16.3 Å². The van der Waals surface area contributed by atoms with Gasteiger partial charge < -0.3 is 19.3 Å². The van der Waals surface area contributed by atoms with Crippen LogP contribution in [-0.2, 0) is 5.41 Å². The number of para-hydroxylation sites is 6. The summed E-state index contributed by atoms with van der Waals surface area (Å²) in [6, 6.07) is 74.2. The van der Waals surface area contributed by atoms with E-state index in [1.807, 2.05) is 0 Å². The van der Waals surface area contributed by atoms with Crippen LogP contribution in [0.1, 0.15) is 19.4 Å². The number of fused-ring (bicyclic) bond motifs is 4. The number of hydrogen-bond acceptors (Lipinski definition) is 3. The quantitative estimate of drug-likeness (QED) is 0.152. The number of anilines is 8. The van der Waals surface area contributed by atoms with Crippen molar-refractivity contribution in [3.63, 3.8) is 0 Å². The number of rotatable bonds is 8. The molecule has 0 amide bonds. The van der Waals surface area contributed by atoms with Gasteiger partial charge in [0.15, 0.2) is 0 Å². The summed E-state index contributed by atoms with van der Waals surface area (Å²) in [5, 5.41) is 2.38. The predicted molar refractivity (Wildman–Crippen MR) is 264 cm³/mol. The highest BCUT2D eigenvalue weighted by Gasteiger charge is 2.29. The Hall–Kier alpha value is -7.82. The van der Waals surface area contributed by atoms with E-state index in [-0.39, 0.29) is 5.41 Å². The molecular weight excluding hydrogens is 753 g/mol. The monoisotopic (exact) mass is 800 g/mol. The molecule has 300 valence electrons. The van der Waals surface area contributed by atoms with E-state index >= 15 is 0 Å². The van der Waals surface area contributed by atoms with Crippen LogP contribution in [0.25, 0.3) is 27.5 Å².